The minimum Gasteiger partial charge on any atom is -0.352 e. The van der Waals surface area contributed by atoms with Gasteiger partial charge in [0.05, 0.1) is 11.2 Å². The summed E-state index contributed by atoms with van der Waals surface area (Å²) in [6.07, 6.45) is 0. The second kappa shape index (κ2) is 6.24. The van der Waals surface area contributed by atoms with Gasteiger partial charge in [-0.1, -0.05) is 19.1 Å². The minimum absolute atomic E-state index is 0.230. The molecule has 1 fully saturated rings. The van der Waals surface area contributed by atoms with Gasteiger partial charge >= 0.3 is 0 Å². The molecule has 5 heteroatoms. The number of fused-ring (bicyclic) bond motifs is 1. The zero-order chi connectivity index (χ0) is 16.5. The van der Waals surface area contributed by atoms with E-state index in [9.17, 15) is 4.39 Å². The average molecular weight is 324 g/mol. The highest BCUT2D eigenvalue weighted by Crippen LogP contribution is 2.29. The van der Waals surface area contributed by atoms with Crippen LogP contribution in [0.3, 0.4) is 0 Å². The minimum atomic E-state index is -0.230. The number of rotatable bonds is 3. The molecule has 0 unspecified atom stereocenters. The molecule has 2 aromatic carbocycles. The number of halogens is 1. The quantitative estimate of drug-likeness (QED) is 0.739. The first-order valence-electron chi connectivity index (χ1n) is 8.47. The first kappa shape index (κ1) is 15.1. The molecule has 0 amide bonds. The van der Waals surface area contributed by atoms with E-state index in [4.69, 9.17) is 5.10 Å². The lowest BCUT2D eigenvalue weighted by molar-refractivity contribution is 0.270. The van der Waals surface area contributed by atoms with Crippen LogP contribution in [0.15, 0.2) is 48.5 Å². The number of aromatic nitrogens is 2. The lowest BCUT2D eigenvalue weighted by Gasteiger charge is -2.34. The van der Waals surface area contributed by atoms with Crippen molar-refractivity contribution >= 4 is 16.7 Å². The molecule has 124 valence electrons. The van der Waals surface area contributed by atoms with E-state index in [1.54, 1.807) is 12.1 Å². The molecule has 4 rings (SSSR count). The number of hydrogen-bond acceptors (Lipinski definition) is 3. The predicted octanol–water partition coefficient (Wildman–Crippen LogP) is 3.31. The molecule has 1 aliphatic rings. The number of para-hydroxylation sites is 1. The summed E-state index contributed by atoms with van der Waals surface area (Å²) in [5.74, 6) is 0.789. The van der Waals surface area contributed by atoms with E-state index < -0.39 is 0 Å². The fourth-order valence-electron chi connectivity index (χ4n) is 3.34. The van der Waals surface area contributed by atoms with Crippen molar-refractivity contribution in [3.63, 3.8) is 0 Å². The van der Waals surface area contributed by atoms with Gasteiger partial charge in [0.15, 0.2) is 5.82 Å². The maximum absolute atomic E-state index is 13.2. The van der Waals surface area contributed by atoms with Gasteiger partial charge in [-0.15, -0.1) is 5.10 Å². The second-order valence-corrected chi connectivity index (χ2v) is 6.15. The molecule has 2 heterocycles. The van der Waals surface area contributed by atoms with E-state index in [0.717, 1.165) is 55.1 Å². The first-order chi connectivity index (χ1) is 11.8. The molecule has 0 radical (unpaired) electrons. The summed E-state index contributed by atoms with van der Waals surface area (Å²) in [5, 5.41) is 6.01. The van der Waals surface area contributed by atoms with Crippen LogP contribution in [0.5, 0.6) is 0 Å². The Kier molecular flexibility index (Phi) is 3.94. The molecule has 24 heavy (non-hydrogen) atoms. The van der Waals surface area contributed by atoms with Gasteiger partial charge < -0.3 is 9.80 Å². The van der Waals surface area contributed by atoms with Gasteiger partial charge in [0.2, 0.25) is 0 Å². The largest absolute Gasteiger partial charge is 0.352 e. The van der Waals surface area contributed by atoms with Gasteiger partial charge in [0.25, 0.3) is 0 Å². The molecule has 3 aromatic rings. The molecule has 0 aliphatic carbocycles. The zero-order valence-electron chi connectivity index (χ0n) is 13.8. The standard InChI is InChI=1S/C19H21FN4/c1-2-22-11-13-23(14-12-22)19-17-5-3-4-6-18(17)24(21-19)16-9-7-15(20)8-10-16/h3-10H,2,11-14H2,1H3. The Labute approximate surface area is 141 Å². The van der Waals surface area contributed by atoms with E-state index in [0.29, 0.717) is 0 Å². The van der Waals surface area contributed by atoms with Crippen LogP contribution < -0.4 is 4.90 Å². The smallest absolute Gasteiger partial charge is 0.159 e. The molecule has 0 bridgehead atoms. The van der Waals surface area contributed by atoms with Crippen molar-refractivity contribution in [2.45, 2.75) is 6.92 Å². The van der Waals surface area contributed by atoms with E-state index in [1.165, 1.54) is 12.1 Å². The number of likely N-dealkylation sites (N-methyl/N-ethyl adjacent to an activating group) is 1. The maximum Gasteiger partial charge on any atom is 0.159 e. The Morgan fingerprint density at radius 1 is 0.958 bits per heavy atom. The molecule has 1 aromatic heterocycles. The van der Waals surface area contributed by atoms with Crippen molar-refractivity contribution in [2.75, 3.05) is 37.6 Å². The Morgan fingerprint density at radius 3 is 2.38 bits per heavy atom. The van der Waals surface area contributed by atoms with Crippen molar-refractivity contribution in [3.8, 4) is 5.69 Å². The van der Waals surface area contributed by atoms with Crippen molar-refractivity contribution < 1.29 is 4.39 Å². The van der Waals surface area contributed by atoms with Crippen molar-refractivity contribution in [2.24, 2.45) is 0 Å². The molecule has 4 nitrogen and oxygen atoms in total. The number of anilines is 1. The Balaban J connectivity index is 1.76. The highest BCUT2D eigenvalue weighted by molar-refractivity contribution is 5.91. The molecule has 1 aliphatic heterocycles. The first-order valence-corrected chi connectivity index (χ1v) is 8.47. The Hall–Kier alpha value is -2.40. The third-order valence-corrected chi connectivity index (χ3v) is 4.76. The SMILES string of the molecule is CCN1CCN(c2nn(-c3ccc(F)cc3)c3ccccc23)CC1. The van der Waals surface area contributed by atoms with Crippen molar-refractivity contribution in [3.05, 3.63) is 54.3 Å². The second-order valence-electron chi connectivity index (χ2n) is 6.15. The van der Waals surface area contributed by atoms with Gasteiger partial charge in [-0.05, 0) is 42.9 Å². The molecule has 1 saturated heterocycles. The average Bonchev–Trinajstić information content (AvgIpc) is 3.02. The van der Waals surface area contributed by atoms with E-state index in [-0.39, 0.29) is 5.82 Å². The summed E-state index contributed by atoms with van der Waals surface area (Å²) in [4.78, 5) is 4.81. The molecular weight excluding hydrogens is 303 g/mol. The van der Waals surface area contributed by atoms with Crippen LogP contribution in [-0.4, -0.2) is 47.4 Å². The van der Waals surface area contributed by atoms with Gasteiger partial charge in [0, 0.05) is 31.6 Å². The lowest BCUT2D eigenvalue weighted by Crippen LogP contribution is -2.46. The molecule has 0 N–H and O–H groups in total. The van der Waals surface area contributed by atoms with Crippen LogP contribution >= 0.6 is 0 Å². The van der Waals surface area contributed by atoms with E-state index >= 15 is 0 Å². The van der Waals surface area contributed by atoms with Crippen LogP contribution in [0.4, 0.5) is 10.2 Å². The fourth-order valence-corrected chi connectivity index (χ4v) is 3.34. The molecular formula is C19H21FN4. The van der Waals surface area contributed by atoms with Crippen LogP contribution in [0.1, 0.15) is 6.92 Å². The van der Waals surface area contributed by atoms with E-state index in [2.05, 4.69) is 28.9 Å². The summed E-state index contributed by atoms with van der Waals surface area (Å²) in [6, 6.07) is 14.7. The summed E-state index contributed by atoms with van der Waals surface area (Å²) in [6.45, 7) is 7.39. The van der Waals surface area contributed by atoms with Crippen LogP contribution in [0.25, 0.3) is 16.6 Å². The highest BCUT2D eigenvalue weighted by Gasteiger charge is 2.21. The fraction of sp³-hybridized carbons (Fsp3) is 0.316. The van der Waals surface area contributed by atoms with Crippen LogP contribution in [0.2, 0.25) is 0 Å². The normalized spacial score (nSPS) is 16.0. The number of benzene rings is 2. The van der Waals surface area contributed by atoms with Gasteiger partial charge in [-0.25, -0.2) is 9.07 Å². The third kappa shape index (κ3) is 2.65. The molecule has 0 spiro atoms. The van der Waals surface area contributed by atoms with Gasteiger partial charge in [-0.2, -0.15) is 0 Å². The maximum atomic E-state index is 13.2. The highest BCUT2D eigenvalue weighted by atomic mass is 19.1. The summed E-state index contributed by atoms with van der Waals surface area (Å²) in [7, 11) is 0. The monoisotopic (exact) mass is 324 g/mol. The molecule has 0 atom stereocenters. The third-order valence-electron chi connectivity index (χ3n) is 4.76. The number of hydrogen-bond donors (Lipinski definition) is 0. The van der Waals surface area contributed by atoms with Crippen LogP contribution in [-0.2, 0) is 0 Å². The van der Waals surface area contributed by atoms with Gasteiger partial charge in [0.1, 0.15) is 5.82 Å². The summed E-state index contributed by atoms with van der Waals surface area (Å²) < 4.78 is 15.2. The topological polar surface area (TPSA) is 24.3 Å². The predicted molar refractivity (Wildman–Crippen MR) is 95.4 cm³/mol. The van der Waals surface area contributed by atoms with Crippen molar-refractivity contribution in [1.29, 1.82) is 0 Å². The Morgan fingerprint density at radius 2 is 1.67 bits per heavy atom. The van der Waals surface area contributed by atoms with Crippen LogP contribution in [0, 0.1) is 5.82 Å². The van der Waals surface area contributed by atoms with Crippen molar-refractivity contribution in [1.82, 2.24) is 14.7 Å². The van der Waals surface area contributed by atoms with E-state index in [1.807, 2.05) is 16.8 Å². The zero-order valence-corrected chi connectivity index (χ0v) is 13.8. The number of piperazine rings is 1. The van der Waals surface area contributed by atoms with Gasteiger partial charge in [-0.3, -0.25) is 0 Å². The lowest BCUT2D eigenvalue weighted by atomic mass is 10.2. The Bertz CT molecular complexity index is 832. The molecule has 0 saturated carbocycles. The number of nitrogens with zero attached hydrogens (tertiary/aromatic N) is 4. The summed E-state index contributed by atoms with van der Waals surface area (Å²) in [5.41, 5.74) is 1.93. The summed E-state index contributed by atoms with van der Waals surface area (Å²) >= 11 is 0.